The summed E-state index contributed by atoms with van der Waals surface area (Å²) >= 11 is 1.75. The van der Waals surface area contributed by atoms with Crippen molar-refractivity contribution in [1.82, 2.24) is 10.6 Å². The highest BCUT2D eigenvalue weighted by molar-refractivity contribution is 7.99. The van der Waals surface area contributed by atoms with Gasteiger partial charge in [-0.05, 0) is 26.0 Å². The fourth-order valence-electron chi connectivity index (χ4n) is 2.11. The second-order valence-corrected chi connectivity index (χ2v) is 6.13. The minimum Gasteiger partial charge on any atom is -0.375 e. The van der Waals surface area contributed by atoms with Crippen molar-refractivity contribution in [3.8, 4) is 0 Å². The minimum absolute atomic E-state index is 0. The van der Waals surface area contributed by atoms with Crippen LogP contribution in [-0.4, -0.2) is 43.5 Å². The minimum atomic E-state index is -0.229. The van der Waals surface area contributed by atoms with E-state index in [1.165, 1.54) is 10.5 Å². The molecule has 0 spiro atoms. The first-order valence-electron chi connectivity index (χ1n) is 6.99. The van der Waals surface area contributed by atoms with E-state index in [1.807, 2.05) is 6.92 Å². The molecule has 1 saturated heterocycles. The lowest BCUT2D eigenvalue weighted by Gasteiger charge is -2.29. The van der Waals surface area contributed by atoms with Gasteiger partial charge in [-0.2, -0.15) is 0 Å². The molecule has 6 heteroatoms. The number of morpholine rings is 1. The number of rotatable bonds is 5. The van der Waals surface area contributed by atoms with E-state index in [4.69, 9.17) is 4.74 Å². The molecule has 1 heterocycles. The summed E-state index contributed by atoms with van der Waals surface area (Å²) < 4.78 is 5.47. The molecular formula is C15H23ClN2O2S. The first-order chi connectivity index (χ1) is 9.66. The summed E-state index contributed by atoms with van der Waals surface area (Å²) in [6.45, 7) is 6.09. The highest BCUT2D eigenvalue weighted by atomic mass is 35.5. The highest BCUT2D eigenvalue weighted by Crippen LogP contribution is 2.17. The average Bonchev–Trinajstić information content (AvgIpc) is 2.46. The molecule has 2 atom stereocenters. The number of carbonyl (C=O) groups is 1. The summed E-state index contributed by atoms with van der Waals surface area (Å²) in [6, 6.07) is 8.20. The van der Waals surface area contributed by atoms with Crippen molar-refractivity contribution >= 4 is 30.1 Å². The Morgan fingerprint density at radius 2 is 2.14 bits per heavy atom. The Morgan fingerprint density at radius 3 is 2.81 bits per heavy atom. The molecule has 1 aromatic carbocycles. The SMILES string of the molecule is Cc1ccc(SCCNC(=O)[C@H]2NCCO[C@@H]2C)cc1.Cl. The quantitative estimate of drug-likeness (QED) is 0.640. The Bertz CT molecular complexity index is 442. The van der Waals surface area contributed by atoms with Gasteiger partial charge in [0.1, 0.15) is 6.04 Å². The Balaban J connectivity index is 0.00000220. The van der Waals surface area contributed by atoms with Crippen molar-refractivity contribution in [2.75, 3.05) is 25.4 Å². The summed E-state index contributed by atoms with van der Waals surface area (Å²) in [5.41, 5.74) is 1.26. The Hall–Kier alpha value is -0.750. The van der Waals surface area contributed by atoms with Crippen LogP contribution in [0.2, 0.25) is 0 Å². The molecule has 0 bridgehead atoms. The molecule has 0 saturated carbocycles. The zero-order valence-corrected chi connectivity index (χ0v) is 14.1. The van der Waals surface area contributed by atoms with E-state index in [-0.39, 0.29) is 30.5 Å². The third-order valence-electron chi connectivity index (χ3n) is 3.29. The second-order valence-electron chi connectivity index (χ2n) is 4.96. The number of ether oxygens (including phenoxy) is 1. The largest absolute Gasteiger partial charge is 0.375 e. The van der Waals surface area contributed by atoms with E-state index in [0.29, 0.717) is 13.2 Å². The van der Waals surface area contributed by atoms with Crippen molar-refractivity contribution in [2.24, 2.45) is 0 Å². The molecule has 1 amide bonds. The van der Waals surface area contributed by atoms with Crippen LogP contribution in [0.15, 0.2) is 29.2 Å². The lowest BCUT2D eigenvalue weighted by Crippen LogP contribution is -2.55. The maximum absolute atomic E-state index is 12.0. The van der Waals surface area contributed by atoms with Crippen LogP contribution in [0.1, 0.15) is 12.5 Å². The predicted molar refractivity (Wildman–Crippen MR) is 89.4 cm³/mol. The Kier molecular flexibility index (Phi) is 8.11. The van der Waals surface area contributed by atoms with Crippen LogP contribution in [0.25, 0.3) is 0 Å². The van der Waals surface area contributed by atoms with Crippen LogP contribution in [0.3, 0.4) is 0 Å². The van der Waals surface area contributed by atoms with Gasteiger partial charge in [0.2, 0.25) is 5.91 Å². The molecule has 1 aliphatic heterocycles. The standard InChI is InChI=1S/C15H22N2O2S.ClH/c1-11-3-5-13(6-4-11)20-10-8-17-15(18)14-12(2)19-9-7-16-14;/h3-6,12,14,16H,7-10H2,1-2H3,(H,17,18);1H/t12-,14+;/m1./s1. The third kappa shape index (κ3) is 5.87. The van der Waals surface area contributed by atoms with Crippen molar-refractivity contribution in [2.45, 2.75) is 30.9 Å². The lowest BCUT2D eigenvalue weighted by atomic mass is 10.1. The maximum atomic E-state index is 12.0. The number of aryl methyl sites for hydroxylation is 1. The van der Waals surface area contributed by atoms with E-state index in [1.54, 1.807) is 11.8 Å². The number of hydrogen-bond donors (Lipinski definition) is 2. The number of carbonyl (C=O) groups excluding carboxylic acids is 1. The number of amides is 1. The zero-order chi connectivity index (χ0) is 14.4. The molecule has 4 nitrogen and oxygen atoms in total. The summed E-state index contributed by atoms with van der Waals surface area (Å²) in [6.07, 6.45) is -0.0616. The van der Waals surface area contributed by atoms with Gasteiger partial charge < -0.3 is 15.4 Å². The van der Waals surface area contributed by atoms with Crippen LogP contribution >= 0.6 is 24.2 Å². The molecule has 0 unspecified atom stereocenters. The molecule has 1 aromatic rings. The van der Waals surface area contributed by atoms with E-state index in [2.05, 4.69) is 41.8 Å². The van der Waals surface area contributed by atoms with Gasteiger partial charge in [0.05, 0.1) is 12.7 Å². The maximum Gasteiger partial charge on any atom is 0.239 e. The van der Waals surface area contributed by atoms with Gasteiger partial charge in [-0.25, -0.2) is 0 Å². The normalized spacial score (nSPS) is 21.4. The first-order valence-corrected chi connectivity index (χ1v) is 7.97. The van der Waals surface area contributed by atoms with E-state index >= 15 is 0 Å². The van der Waals surface area contributed by atoms with Crippen LogP contribution < -0.4 is 10.6 Å². The second kappa shape index (κ2) is 9.30. The van der Waals surface area contributed by atoms with E-state index in [0.717, 1.165) is 12.3 Å². The average molecular weight is 331 g/mol. The van der Waals surface area contributed by atoms with E-state index < -0.39 is 0 Å². The van der Waals surface area contributed by atoms with Crippen LogP contribution in [0.5, 0.6) is 0 Å². The number of benzene rings is 1. The fourth-order valence-corrected chi connectivity index (χ4v) is 2.88. The number of thioether (sulfide) groups is 1. The van der Waals surface area contributed by atoms with E-state index in [9.17, 15) is 4.79 Å². The van der Waals surface area contributed by atoms with Crippen LogP contribution in [0.4, 0.5) is 0 Å². The molecule has 2 N–H and O–H groups in total. The molecule has 1 fully saturated rings. The Morgan fingerprint density at radius 1 is 1.43 bits per heavy atom. The monoisotopic (exact) mass is 330 g/mol. The summed E-state index contributed by atoms with van der Waals surface area (Å²) in [5.74, 6) is 0.901. The molecule has 21 heavy (non-hydrogen) atoms. The van der Waals surface area contributed by atoms with Gasteiger partial charge in [0.15, 0.2) is 0 Å². The molecule has 0 radical (unpaired) electrons. The number of halogens is 1. The highest BCUT2D eigenvalue weighted by Gasteiger charge is 2.27. The number of hydrogen-bond acceptors (Lipinski definition) is 4. The molecule has 0 aliphatic carbocycles. The molecule has 118 valence electrons. The molecule has 1 aliphatic rings. The topological polar surface area (TPSA) is 50.4 Å². The van der Waals surface area contributed by atoms with Crippen LogP contribution in [-0.2, 0) is 9.53 Å². The van der Waals surface area contributed by atoms with Gasteiger partial charge in [0, 0.05) is 23.7 Å². The van der Waals surface area contributed by atoms with Crippen molar-refractivity contribution < 1.29 is 9.53 Å². The zero-order valence-electron chi connectivity index (χ0n) is 12.4. The van der Waals surface area contributed by atoms with Gasteiger partial charge >= 0.3 is 0 Å². The predicted octanol–water partition coefficient (Wildman–Crippen LogP) is 2.00. The molecule has 2 rings (SSSR count). The van der Waals surface area contributed by atoms with Crippen molar-refractivity contribution in [3.05, 3.63) is 29.8 Å². The van der Waals surface area contributed by atoms with Crippen molar-refractivity contribution in [3.63, 3.8) is 0 Å². The Labute approximate surface area is 136 Å². The lowest BCUT2D eigenvalue weighted by molar-refractivity contribution is -0.128. The van der Waals surface area contributed by atoms with Crippen LogP contribution in [0, 0.1) is 6.92 Å². The van der Waals surface area contributed by atoms with Gasteiger partial charge in [0.25, 0.3) is 0 Å². The first kappa shape index (κ1) is 18.3. The number of nitrogens with one attached hydrogen (secondary N) is 2. The molecular weight excluding hydrogens is 308 g/mol. The van der Waals surface area contributed by atoms with Gasteiger partial charge in [-0.15, -0.1) is 24.2 Å². The summed E-state index contributed by atoms with van der Waals surface area (Å²) in [5, 5.41) is 6.15. The molecule has 0 aromatic heterocycles. The van der Waals surface area contributed by atoms with Gasteiger partial charge in [-0.3, -0.25) is 4.79 Å². The smallest absolute Gasteiger partial charge is 0.239 e. The van der Waals surface area contributed by atoms with Crippen molar-refractivity contribution in [1.29, 1.82) is 0 Å². The summed E-state index contributed by atoms with van der Waals surface area (Å²) in [4.78, 5) is 13.2. The summed E-state index contributed by atoms with van der Waals surface area (Å²) in [7, 11) is 0. The fraction of sp³-hybridized carbons (Fsp3) is 0.533. The third-order valence-corrected chi connectivity index (χ3v) is 4.30. The van der Waals surface area contributed by atoms with Gasteiger partial charge in [-0.1, -0.05) is 17.7 Å².